The SMILES string of the molecule is CPOC(C)(C)C(=O)SC. The number of hydrogen-bond acceptors (Lipinski definition) is 3. The van der Waals surface area contributed by atoms with Crippen LogP contribution in [0.2, 0.25) is 0 Å². The van der Waals surface area contributed by atoms with E-state index in [1.807, 2.05) is 6.66 Å². The van der Waals surface area contributed by atoms with Crippen molar-refractivity contribution < 1.29 is 9.32 Å². The molecule has 1 unspecified atom stereocenters. The summed E-state index contributed by atoms with van der Waals surface area (Å²) in [7, 11) is 0.371. The maximum Gasteiger partial charge on any atom is 0.220 e. The molecular weight excluding hydrogens is 167 g/mol. The first-order valence-corrected chi connectivity index (χ1v) is 5.61. The molecule has 1 atom stereocenters. The largest absolute Gasteiger partial charge is 0.348 e. The van der Waals surface area contributed by atoms with Crippen molar-refractivity contribution in [1.82, 2.24) is 0 Å². The first-order chi connectivity index (χ1) is 4.54. The number of carbonyl (C=O) groups is 1. The van der Waals surface area contributed by atoms with Crippen molar-refractivity contribution in [3.63, 3.8) is 0 Å². The normalized spacial score (nSPS) is 12.8. The van der Waals surface area contributed by atoms with Crippen molar-refractivity contribution in [1.29, 1.82) is 0 Å². The fraction of sp³-hybridized carbons (Fsp3) is 0.833. The van der Waals surface area contributed by atoms with Crippen LogP contribution in [0.25, 0.3) is 0 Å². The fourth-order valence-electron chi connectivity index (χ4n) is 0.543. The van der Waals surface area contributed by atoms with Crippen LogP contribution in [0.5, 0.6) is 0 Å². The summed E-state index contributed by atoms with van der Waals surface area (Å²) < 4.78 is 5.24. The van der Waals surface area contributed by atoms with Crippen LogP contribution < -0.4 is 0 Å². The molecule has 0 aromatic heterocycles. The molecule has 0 bridgehead atoms. The topological polar surface area (TPSA) is 26.3 Å². The molecule has 0 rings (SSSR count). The molecule has 10 heavy (non-hydrogen) atoms. The van der Waals surface area contributed by atoms with Gasteiger partial charge in [-0.05, 0) is 26.8 Å². The average molecular weight is 180 g/mol. The minimum atomic E-state index is -0.605. The van der Waals surface area contributed by atoms with Gasteiger partial charge in [0.05, 0.1) is 0 Å². The number of carbonyl (C=O) groups excluding carboxylic acids is 1. The molecule has 0 spiro atoms. The Labute approximate surface area is 68.0 Å². The number of rotatable bonds is 3. The summed E-state index contributed by atoms with van der Waals surface area (Å²) in [6, 6.07) is 0. The van der Waals surface area contributed by atoms with Gasteiger partial charge in [-0.25, -0.2) is 0 Å². The molecule has 0 radical (unpaired) electrons. The highest BCUT2D eigenvalue weighted by Crippen LogP contribution is 2.24. The van der Waals surface area contributed by atoms with Crippen LogP contribution in [-0.4, -0.2) is 23.6 Å². The van der Waals surface area contributed by atoms with Gasteiger partial charge in [-0.1, -0.05) is 11.8 Å². The highest BCUT2D eigenvalue weighted by Gasteiger charge is 2.26. The van der Waals surface area contributed by atoms with Gasteiger partial charge in [0.15, 0.2) is 0 Å². The second-order valence-electron chi connectivity index (χ2n) is 2.31. The molecule has 0 aliphatic carbocycles. The third-order valence-corrected chi connectivity index (χ3v) is 2.61. The van der Waals surface area contributed by atoms with Crippen LogP contribution in [0.15, 0.2) is 0 Å². The second kappa shape index (κ2) is 4.32. The van der Waals surface area contributed by atoms with Crippen LogP contribution in [0, 0.1) is 0 Å². The minimum Gasteiger partial charge on any atom is -0.348 e. The highest BCUT2D eigenvalue weighted by molar-refractivity contribution is 8.13. The molecule has 0 saturated carbocycles. The Morgan fingerprint density at radius 3 is 2.40 bits per heavy atom. The van der Waals surface area contributed by atoms with E-state index >= 15 is 0 Å². The maximum atomic E-state index is 11.1. The zero-order chi connectivity index (χ0) is 8.20. The Bertz CT molecular complexity index is 125. The van der Waals surface area contributed by atoms with Gasteiger partial charge < -0.3 is 4.52 Å². The van der Waals surface area contributed by atoms with Gasteiger partial charge in [-0.2, -0.15) is 0 Å². The standard InChI is InChI=1S/C6H13O2PS/c1-6(2,8-9-3)5(7)10-4/h9H,1-4H3. The Morgan fingerprint density at radius 2 is 2.10 bits per heavy atom. The van der Waals surface area contributed by atoms with Gasteiger partial charge in [0, 0.05) is 8.81 Å². The fourth-order valence-corrected chi connectivity index (χ4v) is 1.75. The molecule has 0 N–H and O–H groups in total. The van der Waals surface area contributed by atoms with Crippen LogP contribution >= 0.6 is 20.6 Å². The van der Waals surface area contributed by atoms with E-state index in [2.05, 4.69) is 0 Å². The summed E-state index contributed by atoms with van der Waals surface area (Å²) in [5.74, 6) is 0. The first kappa shape index (κ1) is 10.4. The van der Waals surface area contributed by atoms with Gasteiger partial charge in [0.25, 0.3) is 0 Å². The smallest absolute Gasteiger partial charge is 0.220 e. The molecule has 60 valence electrons. The lowest BCUT2D eigenvalue weighted by Gasteiger charge is -2.20. The van der Waals surface area contributed by atoms with Gasteiger partial charge in [0.2, 0.25) is 5.12 Å². The molecule has 0 aliphatic heterocycles. The lowest BCUT2D eigenvalue weighted by atomic mass is 10.2. The highest BCUT2D eigenvalue weighted by atomic mass is 32.2. The van der Waals surface area contributed by atoms with Crippen molar-refractivity contribution in [2.75, 3.05) is 12.9 Å². The van der Waals surface area contributed by atoms with Crippen LogP contribution in [0.3, 0.4) is 0 Å². The lowest BCUT2D eigenvalue weighted by Crippen LogP contribution is -2.29. The average Bonchev–Trinajstić information content (AvgIpc) is 1.86. The van der Waals surface area contributed by atoms with Gasteiger partial charge in [-0.15, -0.1) is 0 Å². The molecule has 0 saturated heterocycles. The maximum absolute atomic E-state index is 11.1. The monoisotopic (exact) mass is 180 g/mol. The predicted octanol–water partition coefficient (Wildman–Crippen LogP) is 1.89. The van der Waals surface area contributed by atoms with Gasteiger partial charge in [0.1, 0.15) is 5.60 Å². The van der Waals surface area contributed by atoms with Gasteiger partial charge >= 0.3 is 0 Å². The van der Waals surface area contributed by atoms with Crippen molar-refractivity contribution in [3.8, 4) is 0 Å². The van der Waals surface area contributed by atoms with E-state index in [-0.39, 0.29) is 5.12 Å². The van der Waals surface area contributed by atoms with Crippen LogP contribution in [0.4, 0.5) is 0 Å². The molecule has 0 fully saturated rings. The lowest BCUT2D eigenvalue weighted by molar-refractivity contribution is -0.121. The minimum absolute atomic E-state index is 0.0850. The summed E-state index contributed by atoms with van der Waals surface area (Å²) in [6.45, 7) is 5.50. The Kier molecular flexibility index (Phi) is 4.50. The molecule has 0 aromatic carbocycles. The third-order valence-electron chi connectivity index (χ3n) is 1.03. The van der Waals surface area contributed by atoms with Crippen molar-refractivity contribution in [2.24, 2.45) is 0 Å². The van der Waals surface area contributed by atoms with E-state index in [9.17, 15) is 4.79 Å². The zero-order valence-electron chi connectivity index (χ0n) is 6.72. The van der Waals surface area contributed by atoms with Crippen LogP contribution in [-0.2, 0) is 9.32 Å². The van der Waals surface area contributed by atoms with Crippen LogP contribution in [0.1, 0.15) is 13.8 Å². The number of hydrogen-bond donors (Lipinski definition) is 0. The van der Waals surface area contributed by atoms with E-state index in [1.165, 1.54) is 11.8 Å². The Morgan fingerprint density at radius 1 is 1.60 bits per heavy atom. The molecule has 0 aliphatic rings. The van der Waals surface area contributed by atoms with E-state index in [0.717, 1.165) is 0 Å². The predicted molar refractivity (Wildman–Crippen MR) is 47.9 cm³/mol. The molecule has 0 amide bonds. The summed E-state index contributed by atoms with van der Waals surface area (Å²) >= 11 is 1.21. The summed E-state index contributed by atoms with van der Waals surface area (Å²) in [5, 5.41) is 0.0850. The second-order valence-corrected chi connectivity index (χ2v) is 3.70. The molecule has 0 aromatic rings. The Balaban J connectivity index is 3.96. The quantitative estimate of drug-likeness (QED) is 0.620. The molecular formula is C6H13O2PS. The van der Waals surface area contributed by atoms with Gasteiger partial charge in [-0.3, -0.25) is 4.79 Å². The van der Waals surface area contributed by atoms with E-state index in [0.29, 0.717) is 8.81 Å². The Hall–Kier alpha value is 0.410. The van der Waals surface area contributed by atoms with E-state index < -0.39 is 5.60 Å². The third kappa shape index (κ3) is 3.00. The zero-order valence-corrected chi connectivity index (χ0v) is 8.54. The number of thioether (sulfide) groups is 1. The molecule has 2 nitrogen and oxygen atoms in total. The first-order valence-electron chi connectivity index (χ1n) is 2.97. The summed E-state index contributed by atoms with van der Waals surface area (Å²) in [4.78, 5) is 11.1. The van der Waals surface area contributed by atoms with Crippen molar-refractivity contribution in [2.45, 2.75) is 19.4 Å². The molecule has 4 heteroatoms. The van der Waals surface area contributed by atoms with E-state index in [4.69, 9.17) is 4.52 Å². The molecule has 0 heterocycles. The van der Waals surface area contributed by atoms with E-state index in [1.54, 1.807) is 20.1 Å². The van der Waals surface area contributed by atoms with Crippen molar-refractivity contribution >= 4 is 25.7 Å². The van der Waals surface area contributed by atoms with Crippen molar-refractivity contribution in [3.05, 3.63) is 0 Å². The summed E-state index contributed by atoms with van der Waals surface area (Å²) in [6.07, 6.45) is 1.77. The summed E-state index contributed by atoms with van der Waals surface area (Å²) in [5.41, 5.74) is -0.605.